The van der Waals surface area contributed by atoms with Crippen LogP contribution in [-0.2, 0) is 4.74 Å². The van der Waals surface area contributed by atoms with Gasteiger partial charge in [0.2, 0.25) is 0 Å². The van der Waals surface area contributed by atoms with Crippen LogP contribution >= 0.6 is 0 Å². The molecule has 1 N–H and O–H groups in total. The lowest BCUT2D eigenvalue weighted by Gasteiger charge is -2.54. The van der Waals surface area contributed by atoms with Gasteiger partial charge >= 0.3 is 0 Å². The lowest BCUT2D eigenvalue weighted by atomic mass is 9.52. The molecule has 2 saturated heterocycles. The van der Waals surface area contributed by atoms with Crippen LogP contribution in [0, 0.1) is 47.8 Å². The molecular weight excluding hydrogens is 444 g/mol. The summed E-state index contributed by atoms with van der Waals surface area (Å²) in [6.45, 7) is 13.3. The summed E-state index contributed by atoms with van der Waals surface area (Å²) in [6, 6.07) is 1.11. The number of allylic oxidation sites excluding steroid dienone is 1. The molecule has 0 radical (unpaired) electrons. The van der Waals surface area contributed by atoms with E-state index in [9.17, 15) is 0 Å². The van der Waals surface area contributed by atoms with E-state index in [1.807, 2.05) is 5.57 Å². The van der Waals surface area contributed by atoms with Crippen LogP contribution in [0.15, 0.2) is 17.3 Å². The monoisotopic (exact) mass is 492 g/mol. The van der Waals surface area contributed by atoms with Crippen molar-refractivity contribution < 1.29 is 4.74 Å². The summed E-state index contributed by atoms with van der Waals surface area (Å²) in [5.41, 5.74) is 5.19. The highest BCUT2D eigenvalue weighted by atomic mass is 16.5. The standard InChI is InChI=1S/C31H48N4O/c1-18-12-28-29(32-16-18)21(4)31(36-28)11-9-24-25-7-6-22-13-23(35-17-20(3)33-34-35)8-10-30(22,5)27(25)14-26(24)19(2)15-31/h17-18,21-25,27-29,32H,6-16H2,1-5H3/t18-,21+,22+,23?,24-,25-,27-,28+,29-,30-,31-/m0/s1. The Bertz CT molecular complexity index is 1050. The number of hydrogen-bond acceptors (Lipinski definition) is 4. The minimum atomic E-state index is 0.0679. The van der Waals surface area contributed by atoms with Crippen molar-refractivity contribution in [1.29, 1.82) is 0 Å². The van der Waals surface area contributed by atoms with Gasteiger partial charge in [-0.05, 0) is 120 Å². The number of nitrogens with zero attached hydrogens (tertiary/aromatic N) is 3. The number of hydrogen-bond donors (Lipinski definition) is 1. The van der Waals surface area contributed by atoms with Crippen molar-refractivity contribution in [3.63, 3.8) is 0 Å². The summed E-state index contributed by atoms with van der Waals surface area (Å²) in [5.74, 6) is 4.78. The normalized spacial score (nSPS) is 50.4. The molecule has 2 aliphatic heterocycles. The van der Waals surface area contributed by atoms with Crippen LogP contribution in [0.4, 0.5) is 0 Å². The molecule has 5 nitrogen and oxygen atoms in total. The first-order chi connectivity index (χ1) is 17.3. The number of aromatic nitrogens is 3. The highest BCUT2D eigenvalue weighted by Crippen LogP contribution is 2.66. The molecule has 1 unspecified atom stereocenters. The molecule has 198 valence electrons. The molecule has 7 rings (SSSR count). The summed E-state index contributed by atoms with van der Waals surface area (Å²) in [6.07, 6.45) is 15.8. The van der Waals surface area contributed by atoms with Crippen LogP contribution in [-0.4, -0.2) is 39.3 Å². The molecule has 1 spiro atoms. The van der Waals surface area contributed by atoms with E-state index < -0.39 is 0 Å². The van der Waals surface area contributed by atoms with Crippen LogP contribution in [0.2, 0.25) is 0 Å². The number of nitrogens with one attached hydrogen (secondary N) is 1. The van der Waals surface area contributed by atoms with Gasteiger partial charge in [0.15, 0.2) is 0 Å². The Hall–Kier alpha value is -1.20. The second-order valence-electron chi connectivity index (χ2n) is 14.4. The minimum absolute atomic E-state index is 0.0679. The Morgan fingerprint density at radius 2 is 1.94 bits per heavy atom. The lowest BCUT2D eigenvalue weighted by molar-refractivity contribution is -0.0753. The average molecular weight is 493 g/mol. The minimum Gasteiger partial charge on any atom is -0.369 e. The highest BCUT2D eigenvalue weighted by molar-refractivity contribution is 5.29. The van der Waals surface area contributed by atoms with Crippen molar-refractivity contribution in [2.24, 2.45) is 40.9 Å². The molecule has 3 heterocycles. The van der Waals surface area contributed by atoms with Gasteiger partial charge in [0, 0.05) is 18.2 Å². The maximum absolute atomic E-state index is 7.08. The molecule has 4 aliphatic carbocycles. The van der Waals surface area contributed by atoms with Gasteiger partial charge in [0.1, 0.15) is 0 Å². The van der Waals surface area contributed by atoms with Gasteiger partial charge in [0.05, 0.1) is 23.4 Å². The Balaban J connectivity index is 1.12. The fraction of sp³-hybridized carbons (Fsp3) is 0.871. The predicted molar refractivity (Wildman–Crippen MR) is 142 cm³/mol. The molecule has 1 aromatic rings. The van der Waals surface area contributed by atoms with Gasteiger partial charge in [-0.1, -0.05) is 37.1 Å². The molecule has 11 atom stereocenters. The summed E-state index contributed by atoms with van der Waals surface area (Å²) in [4.78, 5) is 0. The zero-order chi connectivity index (χ0) is 24.8. The van der Waals surface area contributed by atoms with E-state index in [1.54, 1.807) is 5.57 Å². The number of ether oxygens (including phenoxy) is 1. The van der Waals surface area contributed by atoms with Gasteiger partial charge < -0.3 is 10.1 Å². The Morgan fingerprint density at radius 3 is 2.75 bits per heavy atom. The van der Waals surface area contributed by atoms with Crippen LogP contribution in [0.1, 0.15) is 104 Å². The average Bonchev–Trinajstić information content (AvgIpc) is 3.49. The number of rotatable bonds is 1. The molecular formula is C31H48N4O. The van der Waals surface area contributed by atoms with E-state index >= 15 is 0 Å². The predicted octanol–water partition coefficient (Wildman–Crippen LogP) is 6.25. The fourth-order valence-electron chi connectivity index (χ4n) is 10.6. The van der Waals surface area contributed by atoms with E-state index in [2.05, 4.69) is 61.1 Å². The van der Waals surface area contributed by atoms with Crippen molar-refractivity contribution in [2.75, 3.05) is 6.54 Å². The third kappa shape index (κ3) is 3.47. The van der Waals surface area contributed by atoms with Gasteiger partial charge in [-0.25, -0.2) is 4.68 Å². The quantitative estimate of drug-likeness (QED) is 0.471. The van der Waals surface area contributed by atoms with Gasteiger partial charge in [-0.15, -0.1) is 5.10 Å². The van der Waals surface area contributed by atoms with E-state index in [4.69, 9.17) is 4.74 Å². The summed E-state index contributed by atoms with van der Waals surface area (Å²) in [7, 11) is 0. The molecule has 36 heavy (non-hydrogen) atoms. The zero-order valence-electron chi connectivity index (χ0n) is 23.3. The lowest BCUT2D eigenvalue weighted by Crippen LogP contribution is -2.48. The first kappa shape index (κ1) is 23.9. The molecule has 0 amide bonds. The molecule has 0 aromatic carbocycles. The fourth-order valence-corrected chi connectivity index (χ4v) is 10.6. The Morgan fingerprint density at radius 1 is 1.08 bits per heavy atom. The van der Waals surface area contributed by atoms with Crippen molar-refractivity contribution >= 4 is 0 Å². The second kappa shape index (κ2) is 8.40. The Kier molecular flexibility index (Phi) is 5.57. The van der Waals surface area contributed by atoms with Gasteiger partial charge in [-0.2, -0.15) is 0 Å². The highest BCUT2D eigenvalue weighted by Gasteiger charge is 2.59. The number of piperidine rings is 1. The topological polar surface area (TPSA) is 52.0 Å². The van der Waals surface area contributed by atoms with Crippen LogP contribution in [0.25, 0.3) is 0 Å². The maximum Gasteiger partial charge on any atom is 0.0796 e. The van der Waals surface area contributed by atoms with Crippen LogP contribution in [0.5, 0.6) is 0 Å². The Labute approximate surface area is 218 Å². The molecule has 5 fully saturated rings. The summed E-state index contributed by atoms with van der Waals surface area (Å²) < 4.78 is 9.26. The van der Waals surface area contributed by atoms with Crippen LogP contribution < -0.4 is 5.32 Å². The summed E-state index contributed by atoms with van der Waals surface area (Å²) in [5, 5.41) is 12.6. The molecule has 1 aromatic heterocycles. The van der Waals surface area contributed by atoms with Gasteiger partial charge in [0.25, 0.3) is 0 Å². The maximum atomic E-state index is 7.08. The SMILES string of the molecule is CC1=C2C[C@H]3[C@@H](CC[C@@H]4CC(n5cc(C)nn5)CC[C@@]43C)[C@@H]2CC[C@@]2(C1)O[C@@H]1C[C@H](C)CN[C@H]1[C@H]2C. The summed E-state index contributed by atoms with van der Waals surface area (Å²) >= 11 is 0. The van der Waals surface area contributed by atoms with Crippen LogP contribution in [0.3, 0.4) is 0 Å². The third-order valence-corrected chi connectivity index (χ3v) is 12.6. The third-order valence-electron chi connectivity index (χ3n) is 12.6. The van der Waals surface area contributed by atoms with E-state index in [-0.39, 0.29) is 5.60 Å². The molecule has 3 saturated carbocycles. The number of aryl methyl sites for hydroxylation is 1. The van der Waals surface area contributed by atoms with E-state index in [1.165, 1.54) is 64.2 Å². The van der Waals surface area contributed by atoms with E-state index in [0.29, 0.717) is 29.5 Å². The first-order valence-corrected chi connectivity index (χ1v) is 15.3. The second-order valence-corrected chi connectivity index (χ2v) is 14.4. The van der Waals surface area contributed by atoms with Crippen molar-refractivity contribution in [2.45, 2.75) is 123 Å². The zero-order valence-corrected chi connectivity index (χ0v) is 23.3. The van der Waals surface area contributed by atoms with Gasteiger partial charge in [-0.3, -0.25) is 0 Å². The molecule has 0 bridgehead atoms. The van der Waals surface area contributed by atoms with Crippen molar-refractivity contribution in [1.82, 2.24) is 20.3 Å². The molecule has 6 aliphatic rings. The van der Waals surface area contributed by atoms with E-state index in [0.717, 1.165) is 41.8 Å². The van der Waals surface area contributed by atoms with Crippen molar-refractivity contribution in [3.05, 3.63) is 23.0 Å². The first-order valence-electron chi connectivity index (χ1n) is 15.3. The largest absolute Gasteiger partial charge is 0.369 e. The smallest absolute Gasteiger partial charge is 0.0796 e. The molecule has 5 heteroatoms. The van der Waals surface area contributed by atoms with Crippen molar-refractivity contribution in [3.8, 4) is 0 Å². The number of fused-ring (bicyclic) bond motifs is 6.